The maximum absolute atomic E-state index is 12.1. The van der Waals surface area contributed by atoms with Crippen molar-refractivity contribution in [1.82, 2.24) is 5.32 Å². The van der Waals surface area contributed by atoms with Crippen LogP contribution in [0.25, 0.3) is 0 Å². The summed E-state index contributed by atoms with van der Waals surface area (Å²) < 4.78 is 5.57. The molecular formula is C20H24N2O3. The third-order valence-electron chi connectivity index (χ3n) is 3.54. The minimum atomic E-state index is -0.176. The van der Waals surface area contributed by atoms with Crippen LogP contribution in [0.4, 0.5) is 5.69 Å². The van der Waals surface area contributed by atoms with Crippen molar-refractivity contribution in [3.63, 3.8) is 0 Å². The summed E-state index contributed by atoms with van der Waals surface area (Å²) in [6.45, 7) is 3.07. The Bertz CT molecular complexity index is 686. The van der Waals surface area contributed by atoms with Crippen molar-refractivity contribution in [2.75, 3.05) is 18.5 Å². The van der Waals surface area contributed by atoms with Gasteiger partial charge in [-0.25, -0.2) is 0 Å². The fraction of sp³-hybridized carbons (Fsp3) is 0.300. The van der Waals surface area contributed by atoms with E-state index in [1.807, 2.05) is 37.3 Å². The van der Waals surface area contributed by atoms with Gasteiger partial charge in [-0.2, -0.15) is 0 Å². The first-order valence-electron chi connectivity index (χ1n) is 8.55. The zero-order valence-electron chi connectivity index (χ0n) is 14.5. The molecular weight excluding hydrogens is 316 g/mol. The third kappa shape index (κ3) is 6.30. The van der Waals surface area contributed by atoms with Crippen LogP contribution in [0.15, 0.2) is 54.6 Å². The molecule has 0 aliphatic rings. The minimum Gasteiger partial charge on any atom is -0.494 e. The van der Waals surface area contributed by atoms with Crippen molar-refractivity contribution in [2.24, 2.45) is 0 Å². The summed E-state index contributed by atoms with van der Waals surface area (Å²) in [7, 11) is 0. The zero-order valence-corrected chi connectivity index (χ0v) is 14.5. The number of hydrogen-bond acceptors (Lipinski definition) is 3. The van der Waals surface area contributed by atoms with Gasteiger partial charge in [0.25, 0.3) is 5.91 Å². The van der Waals surface area contributed by atoms with E-state index in [0.717, 1.165) is 12.2 Å². The molecule has 0 spiro atoms. The molecule has 0 saturated heterocycles. The van der Waals surface area contributed by atoms with Gasteiger partial charge in [-0.3, -0.25) is 9.59 Å². The Hall–Kier alpha value is -2.82. The number of carbonyl (C=O) groups excluding carboxylic acids is 2. The van der Waals surface area contributed by atoms with E-state index in [4.69, 9.17) is 4.74 Å². The molecule has 132 valence electrons. The highest BCUT2D eigenvalue weighted by Gasteiger charge is 2.12. The maximum atomic E-state index is 12.1. The molecule has 0 aliphatic carbocycles. The Labute approximate surface area is 148 Å². The van der Waals surface area contributed by atoms with E-state index in [1.165, 1.54) is 0 Å². The molecule has 5 heteroatoms. The molecule has 0 unspecified atom stereocenters. The van der Waals surface area contributed by atoms with Gasteiger partial charge in [-0.05, 0) is 37.1 Å². The molecule has 5 nitrogen and oxygen atoms in total. The van der Waals surface area contributed by atoms with Gasteiger partial charge in [0.1, 0.15) is 5.75 Å². The Morgan fingerprint density at radius 3 is 2.48 bits per heavy atom. The first-order chi connectivity index (χ1) is 12.2. The Balaban J connectivity index is 1.81. The Kier molecular flexibility index (Phi) is 7.50. The van der Waals surface area contributed by atoms with Crippen LogP contribution >= 0.6 is 0 Å². The molecule has 2 N–H and O–H groups in total. The van der Waals surface area contributed by atoms with Crippen LogP contribution in [0.3, 0.4) is 0 Å². The third-order valence-corrected chi connectivity index (χ3v) is 3.54. The van der Waals surface area contributed by atoms with Gasteiger partial charge in [-0.15, -0.1) is 0 Å². The van der Waals surface area contributed by atoms with Crippen LogP contribution in [-0.2, 0) is 4.79 Å². The van der Waals surface area contributed by atoms with Crippen molar-refractivity contribution >= 4 is 17.5 Å². The van der Waals surface area contributed by atoms with E-state index < -0.39 is 0 Å². The fourth-order valence-electron chi connectivity index (χ4n) is 2.28. The number of hydrogen-bond donors (Lipinski definition) is 2. The lowest BCUT2D eigenvalue weighted by Crippen LogP contribution is -2.25. The highest BCUT2D eigenvalue weighted by atomic mass is 16.5. The summed E-state index contributed by atoms with van der Waals surface area (Å²) in [5, 5.41) is 5.63. The molecule has 0 aromatic heterocycles. The van der Waals surface area contributed by atoms with Crippen molar-refractivity contribution < 1.29 is 14.3 Å². The molecule has 2 aromatic rings. The highest BCUT2D eigenvalue weighted by molar-refractivity contribution is 6.03. The molecule has 0 heterocycles. The van der Waals surface area contributed by atoms with Crippen LogP contribution in [-0.4, -0.2) is 25.0 Å². The van der Waals surface area contributed by atoms with Crippen molar-refractivity contribution in [3.8, 4) is 5.75 Å². The van der Waals surface area contributed by atoms with Crippen LogP contribution in [0.5, 0.6) is 5.75 Å². The lowest BCUT2D eigenvalue weighted by Gasteiger charge is -2.11. The summed E-state index contributed by atoms with van der Waals surface area (Å²) >= 11 is 0. The van der Waals surface area contributed by atoms with Gasteiger partial charge in [0.2, 0.25) is 5.91 Å². The number of rotatable bonds is 9. The number of anilines is 1. The number of para-hydroxylation sites is 2. The van der Waals surface area contributed by atoms with Gasteiger partial charge >= 0.3 is 0 Å². The van der Waals surface area contributed by atoms with Crippen LogP contribution < -0.4 is 15.4 Å². The van der Waals surface area contributed by atoms with Crippen molar-refractivity contribution in [2.45, 2.75) is 26.2 Å². The smallest absolute Gasteiger partial charge is 0.253 e. The van der Waals surface area contributed by atoms with Gasteiger partial charge in [0.15, 0.2) is 0 Å². The predicted molar refractivity (Wildman–Crippen MR) is 98.9 cm³/mol. The summed E-state index contributed by atoms with van der Waals surface area (Å²) in [5.41, 5.74) is 1.01. The lowest BCUT2D eigenvalue weighted by molar-refractivity contribution is -0.116. The average Bonchev–Trinajstić information content (AvgIpc) is 2.64. The second kappa shape index (κ2) is 10.1. The largest absolute Gasteiger partial charge is 0.494 e. The van der Waals surface area contributed by atoms with E-state index in [0.29, 0.717) is 37.2 Å². The van der Waals surface area contributed by atoms with E-state index in [-0.39, 0.29) is 11.8 Å². The average molecular weight is 340 g/mol. The molecule has 0 aliphatic heterocycles. The van der Waals surface area contributed by atoms with Crippen molar-refractivity contribution in [1.29, 1.82) is 0 Å². The summed E-state index contributed by atoms with van der Waals surface area (Å²) in [4.78, 5) is 24.3. The molecule has 0 atom stereocenters. The molecule has 2 rings (SSSR count). The fourth-order valence-corrected chi connectivity index (χ4v) is 2.28. The number of carbonyl (C=O) groups is 2. The molecule has 0 radical (unpaired) electrons. The van der Waals surface area contributed by atoms with Crippen LogP contribution in [0.2, 0.25) is 0 Å². The first-order valence-corrected chi connectivity index (χ1v) is 8.55. The van der Waals surface area contributed by atoms with Crippen molar-refractivity contribution in [3.05, 3.63) is 60.2 Å². The molecule has 2 aromatic carbocycles. The molecule has 2 amide bonds. The second-order valence-electron chi connectivity index (χ2n) is 5.61. The molecule has 25 heavy (non-hydrogen) atoms. The Morgan fingerprint density at radius 2 is 1.72 bits per heavy atom. The standard InChI is InChI=1S/C20H24N2O3/c1-2-14-21-20(24)17-11-6-7-12-18(17)22-19(23)13-8-15-25-16-9-4-3-5-10-16/h3-7,9-12H,2,8,13-15H2,1H3,(H,21,24)(H,22,23). The minimum absolute atomic E-state index is 0.132. The van der Waals surface area contributed by atoms with E-state index in [1.54, 1.807) is 24.3 Å². The molecule has 0 bridgehead atoms. The van der Waals surface area contributed by atoms with E-state index in [9.17, 15) is 9.59 Å². The topological polar surface area (TPSA) is 67.4 Å². The maximum Gasteiger partial charge on any atom is 0.253 e. The molecule has 0 saturated carbocycles. The monoisotopic (exact) mass is 340 g/mol. The number of nitrogens with one attached hydrogen (secondary N) is 2. The zero-order chi connectivity index (χ0) is 17.9. The highest BCUT2D eigenvalue weighted by Crippen LogP contribution is 2.15. The van der Waals surface area contributed by atoms with Crippen LogP contribution in [0, 0.1) is 0 Å². The lowest BCUT2D eigenvalue weighted by atomic mass is 10.1. The second-order valence-corrected chi connectivity index (χ2v) is 5.61. The summed E-state index contributed by atoms with van der Waals surface area (Å²) in [6.07, 6.45) is 1.80. The number of ether oxygens (including phenoxy) is 1. The quantitative estimate of drug-likeness (QED) is 0.685. The number of benzene rings is 2. The number of amides is 2. The van der Waals surface area contributed by atoms with Gasteiger partial charge in [0, 0.05) is 13.0 Å². The van der Waals surface area contributed by atoms with E-state index in [2.05, 4.69) is 10.6 Å². The summed E-state index contributed by atoms with van der Waals surface area (Å²) in [5.74, 6) is 0.485. The molecule has 0 fully saturated rings. The van der Waals surface area contributed by atoms with Gasteiger partial charge in [-0.1, -0.05) is 37.3 Å². The van der Waals surface area contributed by atoms with Crippen LogP contribution in [0.1, 0.15) is 36.5 Å². The van der Waals surface area contributed by atoms with Gasteiger partial charge < -0.3 is 15.4 Å². The first kappa shape index (κ1) is 18.5. The predicted octanol–water partition coefficient (Wildman–Crippen LogP) is 3.62. The SMILES string of the molecule is CCCNC(=O)c1ccccc1NC(=O)CCCOc1ccccc1. The normalized spacial score (nSPS) is 10.1. The summed E-state index contributed by atoms with van der Waals surface area (Å²) in [6, 6.07) is 16.5. The van der Waals surface area contributed by atoms with Gasteiger partial charge in [0.05, 0.1) is 17.9 Å². The van der Waals surface area contributed by atoms with E-state index >= 15 is 0 Å². The Morgan fingerprint density at radius 1 is 1.00 bits per heavy atom.